The fourth-order valence-corrected chi connectivity index (χ4v) is 1.48. The van der Waals surface area contributed by atoms with Gasteiger partial charge in [0, 0.05) is 12.1 Å². The summed E-state index contributed by atoms with van der Waals surface area (Å²) >= 11 is 0. The predicted molar refractivity (Wildman–Crippen MR) is 69.9 cm³/mol. The molecular weight excluding hydrogens is 214 g/mol. The van der Waals surface area contributed by atoms with Crippen LogP contribution in [0, 0.1) is 0 Å². The zero-order valence-electron chi connectivity index (χ0n) is 10.8. The highest BCUT2D eigenvalue weighted by molar-refractivity contribution is 5.13. The van der Waals surface area contributed by atoms with Crippen molar-refractivity contribution in [3.63, 3.8) is 0 Å². The molecule has 0 heterocycles. The van der Waals surface area contributed by atoms with Crippen molar-refractivity contribution in [1.82, 2.24) is 5.32 Å². The monoisotopic (exact) mass is 237 g/mol. The highest BCUT2D eigenvalue weighted by Crippen LogP contribution is 2.06. The van der Waals surface area contributed by atoms with Gasteiger partial charge in [0.05, 0.1) is 19.8 Å². The predicted octanol–water partition coefficient (Wildman–Crippen LogP) is 1.95. The van der Waals surface area contributed by atoms with Crippen molar-refractivity contribution in [2.45, 2.75) is 32.4 Å². The van der Waals surface area contributed by atoms with Crippen molar-refractivity contribution < 1.29 is 9.84 Å². The molecule has 1 rings (SSSR count). The lowest BCUT2D eigenvalue weighted by Crippen LogP contribution is -2.46. The van der Waals surface area contributed by atoms with Crippen molar-refractivity contribution in [2.24, 2.45) is 0 Å². The molecule has 1 atom stereocenters. The first kappa shape index (κ1) is 14.2. The minimum Gasteiger partial charge on any atom is -0.394 e. The first-order chi connectivity index (χ1) is 8.20. The highest BCUT2D eigenvalue weighted by Gasteiger charge is 2.18. The summed E-state index contributed by atoms with van der Waals surface area (Å²) in [7, 11) is 0. The number of aliphatic hydroxyl groups is 1. The zero-order valence-corrected chi connectivity index (χ0v) is 10.8. The van der Waals surface area contributed by atoms with Crippen LogP contribution in [0.1, 0.15) is 25.8 Å². The lowest BCUT2D eigenvalue weighted by molar-refractivity contribution is 0.105. The third-order valence-electron chi connectivity index (χ3n) is 3.04. The number of nitrogens with one attached hydrogen (secondary N) is 1. The summed E-state index contributed by atoms with van der Waals surface area (Å²) < 4.78 is 5.56. The minimum atomic E-state index is -0.184. The van der Waals surface area contributed by atoms with E-state index in [1.165, 1.54) is 5.56 Å². The summed E-state index contributed by atoms with van der Waals surface area (Å²) in [4.78, 5) is 0. The van der Waals surface area contributed by atoms with Gasteiger partial charge in [0.1, 0.15) is 0 Å². The van der Waals surface area contributed by atoms with Gasteiger partial charge < -0.3 is 15.2 Å². The maximum Gasteiger partial charge on any atom is 0.0717 e. The second-order valence-electron chi connectivity index (χ2n) is 4.54. The van der Waals surface area contributed by atoms with Crippen LogP contribution in [0.2, 0.25) is 0 Å². The quantitative estimate of drug-likeness (QED) is 0.679. The molecule has 3 nitrogen and oxygen atoms in total. The third kappa shape index (κ3) is 5.31. The normalized spacial score (nSPS) is 14.5. The Labute approximate surface area is 104 Å². The second-order valence-corrected chi connectivity index (χ2v) is 4.54. The first-order valence-electron chi connectivity index (χ1n) is 6.18. The van der Waals surface area contributed by atoms with Crippen molar-refractivity contribution in [2.75, 3.05) is 19.8 Å². The molecular formula is C14H23NO2. The van der Waals surface area contributed by atoms with Gasteiger partial charge >= 0.3 is 0 Å². The molecule has 0 aliphatic carbocycles. The van der Waals surface area contributed by atoms with E-state index < -0.39 is 0 Å². The molecule has 0 fully saturated rings. The van der Waals surface area contributed by atoms with Gasteiger partial charge in [0.2, 0.25) is 0 Å². The number of benzene rings is 1. The molecule has 0 aliphatic heterocycles. The molecule has 17 heavy (non-hydrogen) atoms. The lowest BCUT2D eigenvalue weighted by atomic mass is 10.0. The van der Waals surface area contributed by atoms with E-state index in [9.17, 15) is 5.11 Å². The van der Waals surface area contributed by atoms with Gasteiger partial charge in [-0.15, -0.1) is 0 Å². The molecule has 2 N–H and O–H groups in total. The number of hydrogen-bond acceptors (Lipinski definition) is 3. The molecule has 1 aromatic carbocycles. The molecule has 1 aromatic rings. The van der Waals surface area contributed by atoms with Crippen molar-refractivity contribution in [1.29, 1.82) is 0 Å². The number of rotatable bonds is 8. The average molecular weight is 237 g/mol. The molecule has 96 valence electrons. The Hall–Kier alpha value is -0.900. The van der Waals surface area contributed by atoms with Crippen LogP contribution < -0.4 is 5.32 Å². The van der Waals surface area contributed by atoms with Gasteiger partial charge in [-0.3, -0.25) is 0 Å². The highest BCUT2D eigenvalue weighted by atomic mass is 16.5. The fourth-order valence-electron chi connectivity index (χ4n) is 1.48. The van der Waals surface area contributed by atoms with Gasteiger partial charge in [-0.1, -0.05) is 37.3 Å². The Kier molecular flexibility index (Phi) is 6.19. The summed E-state index contributed by atoms with van der Waals surface area (Å²) in [5.74, 6) is 0. The number of hydrogen-bond donors (Lipinski definition) is 2. The van der Waals surface area contributed by atoms with Crippen LogP contribution in [-0.2, 0) is 11.3 Å². The minimum absolute atomic E-state index is 0.155. The van der Waals surface area contributed by atoms with Crippen molar-refractivity contribution >= 4 is 0 Å². The zero-order chi connectivity index (χ0) is 12.6. The first-order valence-corrected chi connectivity index (χ1v) is 6.18. The molecule has 0 radical (unpaired) electrons. The average Bonchev–Trinajstić information content (AvgIpc) is 2.39. The van der Waals surface area contributed by atoms with E-state index in [0.717, 1.165) is 13.0 Å². The van der Waals surface area contributed by atoms with E-state index in [0.29, 0.717) is 13.2 Å². The Morgan fingerprint density at radius 1 is 1.29 bits per heavy atom. The molecule has 0 saturated heterocycles. The van der Waals surface area contributed by atoms with Gasteiger partial charge in [0.25, 0.3) is 0 Å². The summed E-state index contributed by atoms with van der Waals surface area (Å²) in [6.07, 6.45) is 0.905. The molecule has 0 aliphatic rings. The van der Waals surface area contributed by atoms with Crippen LogP contribution in [0.5, 0.6) is 0 Å². The molecule has 0 saturated carbocycles. The molecule has 0 aromatic heterocycles. The molecule has 0 spiro atoms. The van der Waals surface area contributed by atoms with E-state index in [2.05, 4.69) is 24.4 Å². The largest absolute Gasteiger partial charge is 0.394 e. The fraction of sp³-hybridized carbons (Fsp3) is 0.571. The molecule has 0 amide bonds. The Balaban J connectivity index is 2.13. The van der Waals surface area contributed by atoms with E-state index >= 15 is 0 Å². The van der Waals surface area contributed by atoms with E-state index in [1.54, 1.807) is 0 Å². The topological polar surface area (TPSA) is 41.5 Å². The van der Waals surface area contributed by atoms with Crippen LogP contribution >= 0.6 is 0 Å². The Morgan fingerprint density at radius 3 is 2.59 bits per heavy atom. The van der Waals surface area contributed by atoms with Gasteiger partial charge in [-0.25, -0.2) is 0 Å². The van der Waals surface area contributed by atoms with Crippen LogP contribution in [-0.4, -0.2) is 30.4 Å². The standard InChI is InChI=1S/C14H23NO2/c1-3-14(2,12-16)15-9-10-17-11-13-7-5-4-6-8-13/h4-8,15-16H,3,9-12H2,1-2H3. The van der Waals surface area contributed by atoms with Crippen LogP contribution in [0.25, 0.3) is 0 Å². The molecule has 1 unspecified atom stereocenters. The van der Waals surface area contributed by atoms with Gasteiger partial charge in [-0.2, -0.15) is 0 Å². The summed E-state index contributed by atoms with van der Waals surface area (Å²) in [6.45, 7) is 6.30. The van der Waals surface area contributed by atoms with Gasteiger partial charge in [0.15, 0.2) is 0 Å². The molecule has 0 bridgehead atoms. The second kappa shape index (κ2) is 7.43. The summed E-state index contributed by atoms with van der Waals surface area (Å²) in [5, 5.41) is 12.5. The number of aliphatic hydroxyl groups excluding tert-OH is 1. The smallest absolute Gasteiger partial charge is 0.0717 e. The Bertz CT molecular complexity index is 296. The maximum atomic E-state index is 9.22. The van der Waals surface area contributed by atoms with E-state index in [-0.39, 0.29) is 12.1 Å². The van der Waals surface area contributed by atoms with Crippen LogP contribution in [0.15, 0.2) is 30.3 Å². The van der Waals surface area contributed by atoms with E-state index in [4.69, 9.17) is 4.74 Å². The van der Waals surface area contributed by atoms with Crippen molar-refractivity contribution in [3.05, 3.63) is 35.9 Å². The Morgan fingerprint density at radius 2 is 2.00 bits per heavy atom. The van der Waals surface area contributed by atoms with E-state index in [1.807, 2.05) is 25.1 Å². The summed E-state index contributed by atoms with van der Waals surface area (Å²) in [5.41, 5.74) is 1.00. The van der Waals surface area contributed by atoms with Crippen LogP contribution in [0.3, 0.4) is 0 Å². The molecule has 3 heteroatoms. The van der Waals surface area contributed by atoms with Crippen LogP contribution in [0.4, 0.5) is 0 Å². The lowest BCUT2D eigenvalue weighted by Gasteiger charge is -2.27. The van der Waals surface area contributed by atoms with Gasteiger partial charge in [-0.05, 0) is 18.9 Å². The number of ether oxygens (including phenoxy) is 1. The summed E-state index contributed by atoms with van der Waals surface area (Å²) in [6, 6.07) is 10.1. The van der Waals surface area contributed by atoms with Crippen molar-refractivity contribution in [3.8, 4) is 0 Å². The third-order valence-corrected chi connectivity index (χ3v) is 3.04. The maximum absolute atomic E-state index is 9.22. The SMILES string of the molecule is CCC(C)(CO)NCCOCc1ccccc1.